The molecular formula is C7H11FN2. The summed E-state index contributed by atoms with van der Waals surface area (Å²) in [6.45, 7) is 5.90. The Hall–Kier alpha value is -0.730. The van der Waals surface area contributed by atoms with Crippen LogP contribution in [0.2, 0.25) is 0 Å². The van der Waals surface area contributed by atoms with E-state index in [2.05, 4.69) is 10.2 Å². The molecule has 0 aromatic carbocycles. The Morgan fingerprint density at radius 1 is 1.40 bits per heavy atom. The molecule has 3 heteroatoms. The minimum Gasteiger partial charge on any atom is -0.208 e. The maximum atomic E-state index is 12.8. The van der Waals surface area contributed by atoms with Gasteiger partial charge in [-0.25, -0.2) is 4.39 Å². The van der Waals surface area contributed by atoms with Crippen molar-refractivity contribution in [2.24, 2.45) is 15.6 Å². The molecule has 2 nitrogen and oxygen atoms in total. The number of hydrogen-bond donors (Lipinski definition) is 0. The molecule has 0 aromatic rings. The quantitative estimate of drug-likeness (QED) is 0.496. The van der Waals surface area contributed by atoms with Gasteiger partial charge in [0.25, 0.3) is 0 Å². The molecule has 0 bridgehead atoms. The summed E-state index contributed by atoms with van der Waals surface area (Å²) < 4.78 is 12.8. The van der Waals surface area contributed by atoms with Gasteiger partial charge in [0.05, 0.1) is 0 Å². The molecular weight excluding hydrogens is 131 g/mol. The van der Waals surface area contributed by atoms with Gasteiger partial charge in [-0.15, -0.1) is 0 Å². The summed E-state index contributed by atoms with van der Waals surface area (Å²) in [7, 11) is 0. The molecule has 1 rings (SSSR count). The van der Waals surface area contributed by atoms with Crippen LogP contribution in [0.3, 0.4) is 0 Å². The highest BCUT2D eigenvalue weighted by Crippen LogP contribution is 2.32. The van der Waals surface area contributed by atoms with Crippen LogP contribution in [0.4, 0.5) is 4.39 Å². The van der Waals surface area contributed by atoms with Crippen molar-refractivity contribution in [2.45, 2.75) is 20.8 Å². The molecule has 1 aliphatic heterocycles. The van der Waals surface area contributed by atoms with Crippen LogP contribution in [0.5, 0.6) is 0 Å². The zero-order valence-electron chi connectivity index (χ0n) is 6.48. The van der Waals surface area contributed by atoms with Gasteiger partial charge < -0.3 is 0 Å². The van der Waals surface area contributed by atoms with Crippen molar-refractivity contribution in [3.05, 3.63) is 11.5 Å². The maximum Gasteiger partial charge on any atom is 0.147 e. The van der Waals surface area contributed by atoms with Crippen LogP contribution in [-0.4, -0.2) is 6.54 Å². The molecule has 0 unspecified atom stereocenters. The van der Waals surface area contributed by atoms with Crippen LogP contribution >= 0.6 is 0 Å². The topological polar surface area (TPSA) is 24.7 Å². The Balaban J connectivity index is 2.91. The molecule has 0 radical (unpaired) electrons. The second-order valence-corrected chi connectivity index (χ2v) is 3.40. The summed E-state index contributed by atoms with van der Waals surface area (Å²) in [5, 5.41) is 7.31. The van der Waals surface area contributed by atoms with E-state index in [1.165, 1.54) is 0 Å². The summed E-state index contributed by atoms with van der Waals surface area (Å²) in [6, 6.07) is 0. The SMILES string of the molecule is CC(C)(C)C1=C(F)CN=N1. The van der Waals surface area contributed by atoms with Gasteiger partial charge in [-0.3, -0.25) is 0 Å². The predicted molar refractivity (Wildman–Crippen MR) is 37.3 cm³/mol. The van der Waals surface area contributed by atoms with Crippen molar-refractivity contribution in [1.82, 2.24) is 0 Å². The Morgan fingerprint density at radius 2 is 2.00 bits per heavy atom. The van der Waals surface area contributed by atoms with E-state index < -0.39 is 0 Å². The van der Waals surface area contributed by atoms with Crippen molar-refractivity contribution >= 4 is 0 Å². The first-order valence-electron chi connectivity index (χ1n) is 3.28. The summed E-state index contributed by atoms with van der Waals surface area (Å²) in [5.74, 6) is -0.187. The Labute approximate surface area is 59.8 Å². The van der Waals surface area contributed by atoms with Gasteiger partial charge >= 0.3 is 0 Å². The van der Waals surface area contributed by atoms with Crippen LogP contribution in [0.25, 0.3) is 0 Å². The Kier molecular flexibility index (Phi) is 1.58. The number of azo groups is 1. The molecule has 0 saturated heterocycles. The number of hydrogen-bond acceptors (Lipinski definition) is 2. The summed E-state index contributed by atoms with van der Waals surface area (Å²) in [4.78, 5) is 0. The number of nitrogens with zero attached hydrogens (tertiary/aromatic N) is 2. The third-order valence-electron chi connectivity index (χ3n) is 1.35. The van der Waals surface area contributed by atoms with E-state index in [1.807, 2.05) is 20.8 Å². The van der Waals surface area contributed by atoms with Gasteiger partial charge in [-0.1, -0.05) is 20.8 Å². The first-order chi connectivity index (χ1) is 4.52. The largest absolute Gasteiger partial charge is 0.208 e. The predicted octanol–water partition coefficient (Wildman–Crippen LogP) is 2.68. The maximum absolute atomic E-state index is 12.8. The van der Waals surface area contributed by atoms with Gasteiger partial charge in [0.15, 0.2) is 0 Å². The smallest absolute Gasteiger partial charge is 0.147 e. The minimum atomic E-state index is -0.204. The van der Waals surface area contributed by atoms with Crippen molar-refractivity contribution in [2.75, 3.05) is 6.54 Å². The molecule has 56 valence electrons. The zero-order valence-corrected chi connectivity index (χ0v) is 6.48. The lowest BCUT2D eigenvalue weighted by Gasteiger charge is -2.15. The second kappa shape index (κ2) is 2.15. The van der Waals surface area contributed by atoms with Crippen LogP contribution < -0.4 is 0 Å². The van der Waals surface area contributed by atoms with E-state index in [1.54, 1.807) is 0 Å². The van der Waals surface area contributed by atoms with E-state index in [0.717, 1.165) is 0 Å². The van der Waals surface area contributed by atoms with Crippen molar-refractivity contribution in [1.29, 1.82) is 0 Å². The lowest BCUT2D eigenvalue weighted by atomic mass is 9.92. The molecule has 0 amide bonds. The normalized spacial score (nSPS) is 18.8. The van der Waals surface area contributed by atoms with E-state index in [0.29, 0.717) is 5.70 Å². The highest BCUT2D eigenvalue weighted by atomic mass is 19.1. The third-order valence-corrected chi connectivity index (χ3v) is 1.35. The van der Waals surface area contributed by atoms with Crippen LogP contribution in [-0.2, 0) is 0 Å². The molecule has 0 fully saturated rings. The lowest BCUT2D eigenvalue weighted by molar-refractivity contribution is 0.471. The molecule has 0 N–H and O–H groups in total. The molecule has 1 heterocycles. The zero-order chi connectivity index (χ0) is 7.78. The Morgan fingerprint density at radius 3 is 2.20 bits per heavy atom. The van der Waals surface area contributed by atoms with Crippen LogP contribution in [0, 0.1) is 5.41 Å². The fourth-order valence-corrected chi connectivity index (χ4v) is 0.854. The Bertz CT molecular complexity index is 198. The third kappa shape index (κ3) is 1.23. The lowest BCUT2D eigenvalue weighted by Crippen LogP contribution is -2.07. The molecule has 0 spiro atoms. The highest BCUT2D eigenvalue weighted by Gasteiger charge is 2.24. The number of allylic oxidation sites excluding steroid dienone is 1. The van der Waals surface area contributed by atoms with E-state index in [-0.39, 0.29) is 17.8 Å². The molecule has 0 atom stereocenters. The monoisotopic (exact) mass is 142 g/mol. The van der Waals surface area contributed by atoms with Crippen molar-refractivity contribution in [3.63, 3.8) is 0 Å². The van der Waals surface area contributed by atoms with Crippen molar-refractivity contribution < 1.29 is 4.39 Å². The number of halogens is 1. The van der Waals surface area contributed by atoms with Gasteiger partial charge in [0, 0.05) is 5.41 Å². The summed E-state index contributed by atoms with van der Waals surface area (Å²) in [5.41, 5.74) is 0.289. The number of rotatable bonds is 0. The van der Waals surface area contributed by atoms with Crippen molar-refractivity contribution in [3.8, 4) is 0 Å². The average molecular weight is 142 g/mol. The molecule has 0 aromatic heterocycles. The molecule has 1 aliphatic rings. The second-order valence-electron chi connectivity index (χ2n) is 3.40. The minimum absolute atomic E-state index is 0.132. The summed E-state index contributed by atoms with van der Waals surface area (Å²) >= 11 is 0. The van der Waals surface area contributed by atoms with E-state index in [4.69, 9.17) is 0 Å². The van der Waals surface area contributed by atoms with Gasteiger partial charge in [0.1, 0.15) is 18.1 Å². The first kappa shape index (κ1) is 7.38. The van der Waals surface area contributed by atoms with E-state index in [9.17, 15) is 4.39 Å². The average Bonchev–Trinajstić information content (AvgIpc) is 2.11. The van der Waals surface area contributed by atoms with Gasteiger partial charge in [-0.2, -0.15) is 10.2 Å². The first-order valence-corrected chi connectivity index (χ1v) is 3.28. The van der Waals surface area contributed by atoms with E-state index >= 15 is 0 Å². The van der Waals surface area contributed by atoms with Gasteiger partial charge in [-0.05, 0) is 0 Å². The molecule has 0 aliphatic carbocycles. The van der Waals surface area contributed by atoms with Crippen LogP contribution in [0.1, 0.15) is 20.8 Å². The molecule has 10 heavy (non-hydrogen) atoms. The van der Waals surface area contributed by atoms with Gasteiger partial charge in [0.2, 0.25) is 0 Å². The molecule has 0 saturated carbocycles. The van der Waals surface area contributed by atoms with Crippen LogP contribution in [0.15, 0.2) is 21.8 Å². The fraction of sp³-hybridized carbons (Fsp3) is 0.714. The summed E-state index contributed by atoms with van der Waals surface area (Å²) in [6.07, 6.45) is 0. The highest BCUT2D eigenvalue weighted by molar-refractivity contribution is 5.17. The fourth-order valence-electron chi connectivity index (χ4n) is 0.854. The standard InChI is InChI=1S/C7H11FN2/c1-7(2,3)6-5(8)4-9-10-6/h4H2,1-3H3.